The Kier molecular flexibility index (Phi) is 3.09. The first-order valence-electron chi connectivity index (χ1n) is 6.82. The van der Waals surface area contributed by atoms with E-state index in [1.807, 2.05) is 0 Å². The van der Waals surface area contributed by atoms with Crippen molar-refractivity contribution in [3.05, 3.63) is 34.4 Å². The van der Waals surface area contributed by atoms with Crippen molar-refractivity contribution in [3.63, 3.8) is 0 Å². The number of nitro benzene ring substituents is 1. The van der Waals surface area contributed by atoms with Gasteiger partial charge in [-0.3, -0.25) is 10.1 Å². The minimum atomic E-state index is -3.93. The zero-order valence-corrected chi connectivity index (χ0v) is 12.2. The summed E-state index contributed by atoms with van der Waals surface area (Å²) in [6, 6.07) is 5.38. The number of benzene rings is 1. The zero-order chi connectivity index (χ0) is 15.3. The van der Waals surface area contributed by atoms with Crippen molar-refractivity contribution in [2.24, 2.45) is 5.73 Å². The minimum Gasteiger partial charge on any atom is -0.325 e. The van der Waals surface area contributed by atoms with Gasteiger partial charge in [-0.05, 0) is 38.2 Å². The number of fused-ring (bicyclic) bond motifs is 2. The lowest BCUT2D eigenvalue weighted by atomic mass is 9.55. The van der Waals surface area contributed by atoms with Crippen molar-refractivity contribution in [2.45, 2.75) is 48.1 Å². The van der Waals surface area contributed by atoms with Crippen molar-refractivity contribution in [1.82, 2.24) is 4.72 Å². The molecule has 0 heterocycles. The molecule has 3 saturated carbocycles. The fourth-order valence-corrected chi connectivity index (χ4v) is 5.33. The first kappa shape index (κ1) is 14.4. The molecule has 8 heteroatoms. The number of sulfonamides is 1. The lowest BCUT2D eigenvalue weighted by molar-refractivity contribution is -0.387. The standard InChI is InChI=1S/C13H17N3O4S/c14-12-6-3-7-13(8-12,9-12)15-21(19,20)11-5-2-1-4-10(11)16(17)18/h1-2,4-5,15H,3,6-9,14H2. The van der Waals surface area contributed by atoms with Crippen LogP contribution in [-0.2, 0) is 10.0 Å². The Morgan fingerprint density at radius 1 is 1.24 bits per heavy atom. The molecular weight excluding hydrogens is 294 g/mol. The first-order valence-corrected chi connectivity index (χ1v) is 8.30. The Balaban J connectivity index is 1.91. The van der Waals surface area contributed by atoms with Crippen LogP contribution in [0, 0.1) is 10.1 Å². The number of nitrogens with zero attached hydrogens (tertiary/aromatic N) is 1. The highest BCUT2D eigenvalue weighted by molar-refractivity contribution is 7.89. The van der Waals surface area contributed by atoms with Crippen LogP contribution in [-0.4, -0.2) is 24.4 Å². The van der Waals surface area contributed by atoms with E-state index in [4.69, 9.17) is 5.73 Å². The van der Waals surface area contributed by atoms with Gasteiger partial charge in [-0.1, -0.05) is 12.1 Å². The number of hydrogen-bond donors (Lipinski definition) is 2. The van der Waals surface area contributed by atoms with Gasteiger partial charge in [-0.2, -0.15) is 0 Å². The van der Waals surface area contributed by atoms with Gasteiger partial charge in [0.15, 0.2) is 4.90 Å². The first-order chi connectivity index (χ1) is 9.75. The summed E-state index contributed by atoms with van der Waals surface area (Å²) in [6.45, 7) is 0. The Morgan fingerprint density at radius 2 is 1.90 bits per heavy atom. The van der Waals surface area contributed by atoms with E-state index in [2.05, 4.69) is 4.72 Å². The Morgan fingerprint density at radius 3 is 2.52 bits per heavy atom. The predicted octanol–water partition coefficient (Wildman–Crippen LogP) is 1.29. The maximum atomic E-state index is 12.5. The summed E-state index contributed by atoms with van der Waals surface area (Å²) in [4.78, 5) is 10.0. The van der Waals surface area contributed by atoms with E-state index in [1.54, 1.807) is 0 Å². The molecular formula is C13H17N3O4S. The molecule has 2 bridgehead atoms. The third-order valence-corrected chi connectivity index (χ3v) is 6.04. The van der Waals surface area contributed by atoms with Crippen LogP contribution in [0.25, 0.3) is 0 Å². The molecule has 3 N–H and O–H groups in total. The molecule has 3 aliphatic carbocycles. The summed E-state index contributed by atoms with van der Waals surface area (Å²) < 4.78 is 27.7. The van der Waals surface area contributed by atoms with Crippen LogP contribution < -0.4 is 10.5 Å². The van der Waals surface area contributed by atoms with Gasteiger partial charge in [0.25, 0.3) is 5.69 Å². The second-order valence-electron chi connectivity index (χ2n) is 6.18. The molecule has 0 radical (unpaired) electrons. The second kappa shape index (κ2) is 4.49. The zero-order valence-electron chi connectivity index (χ0n) is 11.4. The molecule has 0 aliphatic heterocycles. The number of nitrogens with two attached hydrogens (primary N) is 1. The van der Waals surface area contributed by atoms with Gasteiger partial charge in [0.05, 0.1) is 4.92 Å². The summed E-state index contributed by atoms with van der Waals surface area (Å²) in [5.74, 6) is 0. The molecule has 0 atom stereocenters. The summed E-state index contributed by atoms with van der Waals surface area (Å²) >= 11 is 0. The third-order valence-electron chi connectivity index (χ3n) is 4.41. The number of nitrogens with one attached hydrogen (secondary N) is 1. The summed E-state index contributed by atoms with van der Waals surface area (Å²) in [5.41, 5.74) is 4.91. The van der Waals surface area contributed by atoms with Gasteiger partial charge in [0.2, 0.25) is 10.0 Å². The van der Waals surface area contributed by atoms with Crippen LogP contribution in [0.2, 0.25) is 0 Å². The molecule has 21 heavy (non-hydrogen) atoms. The van der Waals surface area contributed by atoms with E-state index in [9.17, 15) is 18.5 Å². The molecule has 7 nitrogen and oxygen atoms in total. The van der Waals surface area contributed by atoms with Gasteiger partial charge < -0.3 is 5.73 Å². The fourth-order valence-electron chi connectivity index (χ4n) is 3.73. The highest BCUT2D eigenvalue weighted by Crippen LogP contribution is 2.51. The molecule has 0 amide bonds. The molecule has 1 aromatic rings. The van der Waals surface area contributed by atoms with Gasteiger partial charge >= 0.3 is 0 Å². The lowest BCUT2D eigenvalue weighted by Gasteiger charge is -2.58. The van der Waals surface area contributed by atoms with Crippen molar-refractivity contribution < 1.29 is 13.3 Å². The molecule has 1 aromatic carbocycles. The predicted molar refractivity (Wildman–Crippen MR) is 76.2 cm³/mol. The van der Waals surface area contributed by atoms with Crippen molar-refractivity contribution in [2.75, 3.05) is 0 Å². The smallest absolute Gasteiger partial charge is 0.289 e. The topological polar surface area (TPSA) is 115 Å². The van der Waals surface area contributed by atoms with E-state index in [0.29, 0.717) is 12.8 Å². The largest absolute Gasteiger partial charge is 0.325 e. The van der Waals surface area contributed by atoms with Crippen molar-refractivity contribution in [3.8, 4) is 0 Å². The molecule has 0 saturated heterocycles. The normalized spacial score (nSPS) is 31.5. The number of hydrogen-bond acceptors (Lipinski definition) is 5. The SMILES string of the molecule is NC12CCCC(NS(=O)(=O)c3ccccc3[N+](=O)[O-])(C1)C2. The van der Waals surface area contributed by atoms with Crippen LogP contribution >= 0.6 is 0 Å². The van der Waals surface area contributed by atoms with Crippen LogP contribution in [0.5, 0.6) is 0 Å². The van der Waals surface area contributed by atoms with Crippen LogP contribution in [0.4, 0.5) is 5.69 Å². The highest BCUT2D eigenvalue weighted by atomic mass is 32.2. The molecule has 0 aromatic heterocycles. The van der Waals surface area contributed by atoms with Gasteiger partial charge in [0.1, 0.15) is 0 Å². The molecule has 0 spiro atoms. The van der Waals surface area contributed by atoms with Crippen molar-refractivity contribution in [1.29, 1.82) is 0 Å². The molecule has 4 rings (SSSR count). The van der Waals surface area contributed by atoms with Crippen LogP contribution in [0.3, 0.4) is 0 Å². The maximum Gasteiger partial charge on any atom is 0.289 e. The minimum absolute atomic E-state index is 0.274. The summed E-state index contributed by atoms with van der Waals surface area (Å²) in [5, 5.41) is 11.0. The number of rotatable bonds is 4. The molecule has 0 unspecified atom stereocenters. The van der Waals surface area contributed by atoms with Crippen LogP contribution in [0.1, 0.15) is 32.1 Å². The van der Waals surface area contributed by atoms with Gasteiger partial charge in [-0.25, -0.2) is 13.1 Å². The second-order valence-corrected chi connectivity index (χ2v) is 7.83. The van der Waals surface area contributed by atoms with Crippen molar-refractivity contribution >= 4 is 15.7 Å². The summed E-state index contributed by atoms with van der Waals surface area (Å²) in [7, 11) is -3.93. The maximum absolute atomic E-state index is 12.5. The Labute approximate surface area is 122 Å². The number of para-hydroxylation sites is 1. The van der Waals surface area contributed by atoms with E-state index >= 15 is 0 Å². The average Bonchev–Trinajstić information content (AvgIpc) is 2.36. The van der Waals surface area contributed by atoms with E-state index in [0.717, 1.165) is 19.3 Å². The Bertz CT molecular complexity index is 695. The van der Waals surface area contributed by atoms with Crippen LogP contribution in [0.15, 0.2) is 29.2 Å². The summed E-state index contributed by atoms with van der Waals surface area (Å²) in [6.07, 6.45) is 3.70. The highest BCUT2D eigenvalue weighted by Gasteiger charge is 2.56. The van der Waals surface area contributed by atoms with E-state index < -0.39 is 26.2 Å². The fraction of sp³-hybridized carbons (Fsp3) is 0.538. The monoisotopic (exact) mass is 311 g/mol. The molecule has 3 fully saturated rings. The van der Waals surface area contributed by atoms with Gasteiger partial charge in [-0.15, -0.1) is 0 Å². The lowest BCUT2D eigenvalue weighted by Crippen LogP contribution is -2.71. The quantitative estimate of drug-likeness (QED) is 0.642. The number of nitro groups is 1. The van der Waals surface area contributed by atoms with Gasteiger partial charge in [0, 0.05) is 17.1 Å². The third kappa shape index (κ3) is 2.43. The average molecular weight is 311 g/mol. The molecule has 3 aliphatic rings. The van der Waals surface area contributed by atoms with E-state index in [1.165, 1.54) is 24.3 Å². The molecule has 114 valence electrons. The van der Waals surface area contributed by atoms with E-state index in [-0.39, 0.29) is 10.4 Å². The Hall–Kier alpha value is -1.51.